The fourth-order valence-corrected chi connectivity index (χ4v) is 2.75. The number of imidazole rings is 1. The van der Waals surface area contributed by atoms with Crippen molar-refractivity contribution in [1.82, 2.24) is 14.9 Å². The summed E-state index contributed by atoms with van der Waals surface area (Å²) in [6, 6.07) is 0.741. The Hall–Kier alpha value is -1.09. The topological polar surface area (TPSA) is 29.9 Å². The van der Waals surface area contributed by atoms with Crippen LogP contribution in [-0.4, -0.2) is 16.1 Å². The fraction of sp³-hybridized carbons (Fsp3) is 0.667. The number of hydrogen-bond donors (Lipinski definition) is 1. The summed E-state index contributed by atoms with van der Waals surface area (Å²) in [6.45, 7) is 2.06. The molecule has 0 unspecified atom stereocenters. The van der Waals surface area contributed by atoms with E-state index in [-0.39, 0.29) is 0 Å². The van der Waals surface area contributed by atoms with Crippen LogP contribution in [-0.2, 0) is 6.54 Å². The van der Waals surface area contributed by atoms with E-state index in [9.17, 15) is 0 Å². The predicted octanol–water partition coefficient (Wildman–Crippen LogP) is 3.20. The molecule has 1 aromatic heterocycles. The van der Waals surface area contributed by atoms with Gasteiger partial charge in [-0.3, -0.25) is 0 Å². The van der Waals surface area contributed by atoms with Crippen LogP contribution in [0.2, 0.25) is 0 Å². The van der Waals surface area contributed by atoms with Crippen LogP contribution in [0.3, 0.4) is 0 Å². The zero-order chi connectivity index (χ0) is 12.2. The number of hydrogen-bond acceptors (Lipinski definition) is 2. The maximum absolute atomic E-state index is 4.26. The summed E-state index contributed by atoms with van der Waals surface area (Å²) in [4.78, 5) is 4.26. The van der Waals surface area contributed by atoms with Gasteiger partial charge in [0.2, 0.25) is 0 Å². The maximum atomic E-state index is 4.26. The Morgan fingerprint density at radius 3 is 3.06 bits per heavy atom. The Balaban J connectivity index is 1.41. The molecule has 1 aromatic rings. The molecule has 98 valence electrons. The molecular weight excluding hydrogens is 222 g/mol. The van der Waals surface area contributed by atoms with Crippen LogP contribution < -0.4 is 5.32 Å². The Kier molecular flexibility index (Phi) is 3.79. The van der Waals surface area contributed by atoms with Gasteiger partial charge in [-0.05, 0) is 51.5 Å². The Labute approximate surface area is 109 Å². The lowest BCUT2D eigenvalue weighted by Crippen LogP contribution is -2.17. The SMILES string of the molecule is C1=C(CCNCc2cncn2C2CC2)CCCC1. The lowest BCUT2D eigenvalue weighted by atomic mass is 9.97. The molecule has 0 saturated heterocycles. The van der Waals surface area contributed by atoms with Crippen molar-refractivity contribution in [3.05, 3.63) is 29.9 Å². The van der Waals surface area contributed by atoms with E-state index in [4.69, 9.17) is 0 Å². The molecule has 0 atom stereocenters. The van der Waals surface area contributed by atoms with Crippen molar-refractivity contribution in [1.29, 1.82) is 0 Å². The lowest BCUT2D eigenvalue weighted by molar-refractivity contribution is 0.602. The van der Waals surface area contributed by atoms with Gasteiger partial charge in [-0.2, -0.15) is 0 Å². The molecule has 2 aliphatic carbocycles. The van der Waals surface area contributed by atoms with E-state index >= 15 is 0 Å². The number of nitrogens with one attached hydrogen (secondary N) is 1. The van der Waals surface area contributed by atoms with Crippen molar-refractivity contribution in [2.75, 3.05) is 6.54 Å². The summed E-state index contributed by atoms with van der Waals surface area (Å²) in [6.07, 6.45) is 15.7. The molecule has 18 heavy (non-hydrogen) atoms. The molecule has 0 radical (unpaired) electrons. The third-order valence-electron chi connectivity index (χ3n) is 4.00. The fourth-order valence-electron chi connectivity index (χ4n) is 2.75. The summed E-state index contributed by atoms with van der Waals surface area (Å²) in [5.74, 6) is 0. The highest BCUT2D eigenvalue weighted by Gasteiger charge is 2.24. The summed E-state index contributed by atoms with van der Waals surface area (Å²) < 4.78 is 2.34. The van der Waals surface area contributed by atoms with E-state index in [0.29, 0.717) is 0 Å². The highest BCUT2D eigenvalue weighted by molar-refractivity contribution is 5.06. The van der Waals surface area contributed by atoms with Crippen LogP contribution in [0.4, 0.5) is 0 Å². The van der Waals surface area contributed by atoms with Crippen molar-refractivity contribution in [3.63, 3.8) is 0 Å². The van der Waals surface area contributed by atoms with Gasteiger partial charge in [0, 0.05) is 18.8 Å². The number of rotatable bonds is 6. The molecule has 2 aliphatic rings. The zero-order valence-electron chi connectivity index (χ0n) is 11.1. The van der Waals surface area contributed by atoms with Crippen molar-refractivity contribution in [3.8, 4) is 0 Å². The second kappa shape index (κ2) is 5.70. The van der Waals surface area contributed by atoms with Crippen molar-refractivity contribution in [2.45, 2.75) is 57.5 Å². The number of aromatic nitrogens is 2. The first kappa shape index (κ1) is 12.0. The van der Waals surface area contributed by atoms with Gasteiger partial charge in [-0.15, -0.1) is 0 Å². The second-order valence-corrected chi connectivity index (χ2v) is 5.56. The molecule has 3 nitrogen and oxygen atoms in total. The van der Waals surface area contributed by atoms with Gasteiger partial charge in [-0.25, -0.2) is 4.98 Å². The molecule has 1 saturated carbocycles. The summed E-state index contributed by atoms with van der Waals surface area (Å²) in [7, 11) is 0. The number of nitrogens with zero attached hydrogens (tertiary/aromatic N) is 2. The maximum Gasteiger partial charge on any atom is 0.0951 e. The Bertz CT molecular complexity index is 415. The van der Waals surface area contributed by atoms with E-state index in [1.54, 1.807) is 5.57 Å². The van der Waals surface area contributed by atoms with Crippen LogP contribution in [0, 0.1) is 0 Å². The minimum atomic E-state index is 0.741. The minimum absolute atomic E-state index is 0.741. The van der Waals surface area contributed by atoms with E-state index < -0.39 is 0 Å². The van der Waals surface area contributed by atoms with Crippen LogP contribution in [0.1, 0.15) is 56.7 Å². The quantitative estimate of drug-likeness (QED) is 0.616. The van der Waals surface area contributed by atoms with Crippen molar-refractivity contribution in [2.24, 2.45) is 0 Å². The molecule has 1 heterocycles. The third kappa shape index (κ3) is 3.02. The summed E-state index contributed by atoms with van der Waals surface area (Å²) in [5, 5.41) is 3.56. The van der Waals surface area contributed by atoms with Gasteiger partial charge in [0.25, 0.3) is 0 Å². The van der Waals surface area contributed by atoms with Crippen LogP contribution in [0.5, 0.6) is 0 Å². The number of allylic oxidation sites excluding steroid dienone is 1. The first-order chi connectivity index (χ1) is 8.93. The summed E-state index contributed by atoms with van der Waals surface area (Å²) >= 11 is 0. The standard InChI is InChI=1S/C15H23N3/c1-2-4-13(5-3-1)8-9-16-10-15-11-17-12-18(15)14-6-7-14/h4,11-12,14,16H,1-3,5-10H2. The van der Waals surface area contributed by atoms with E-state index in [0.717, 1.165) is 19.1 Å². The Morgan fingerprint density at radius 1 is 1.33 bits per heavy atom. The minimum Gasteiger partial charge on any atom is -0.330 e. The van der Waals surface area contributed by atoms with Crippen molar-refractivity contribution >= 4 is 0 Å². The smallest absolute Gasteiger partial charge is 0.0951 e. The highest BCUT2D eigenvalue weighted by Crippen LogP contribution is 2.35. The zero-order valence-corrected chi connectivity index (χ0v) is 11.1. The third-order valence-corrected chi connectivity index (χ3v) is 4.00. The first-order valence-corrected chi connectivity index (χ1v) is 7.33. The monoisotopic (exact) mass is 245 g/mol. The molecule has 1 fully saturated rings. The highest BCUT2D eigenvalue weighted by atomic mass is 15.1. The molecule has 0 spiro atoms. The molecule has 0 bridgehead atoms. The molecule has 0 amide bonds. The van der Waals surface area contributed by atoms with Gasteiger partial charge in [0.15, 0.2) is 0 Å². The van der Waals surface area contributed by atoms with E-state index in [2.05, 4.69) is 20.9 Å². The predicted molar refractivity (Wildman–Crippen MR) is 73.4 cm³/mol. The molecule has 3 heteroatoms. The normalized spacial score (nSPS) is 19.9. The van der Waals surface area contributed by atoms with Gasteiger partial charge in [0.05, 0.1) is 12.0 Å². The van der Waals surface area contributed by atoms with Crippen LogP contribution in [0.25, 0.3) is 0 Å². The first-order valence-electron chi connectivity index (χ1n) is 7.33. The van der Waals surface area contributed by atoms with E-state index in [1.165, 1.54) is 50.6 Å². The largest absolute Gasteiger partial charge is 0.330 e. The molecule has 0 aromatic carbocycles. The van der Waals surface area contributed by atoms with Crippen LogP contribution >= 0.6 is 0 Å². The molecule has 1 N–H and O–H groups in total. The lowest BCUT2D eigenvalue weighted by Gasteiger charge is -2.13. The average molecular weight is 245 g/mol. The molecular formula is C15H23N3. The van der Waals surface area contributed by atoms with Crippen LogP contribution in [0.15, 0.2) is 24.2 Å². The van der Waals surface area contributed by atoms with Gasteiger partial charge < -0.3 is 9.88 Å². The summed E-state index contributed by atoms with van der Waals surface area (Å²) in [5.41, 5.74) is 3.00. The Morgan fingerprint density at radius 2 is 2.28 bits per heavy atom. The van der Waals surface area contributed by atoms with Gasteiger partial charge >= 0.3 is 0 Å². The van der Waals surface area contributed by atoms with Gasteiger partial charge in [-0.1, -0.05) is 11.6 Å². The molecule has 3 rings (SSSR count). The average Bonchev–Trinajstić information content (AvgIpc) is 3.16. The van der Waals surface area contributed by atoms with Gasteiger partial charge in [0.1, 0.15) is 0 Å². The second-order valence-electron chi connectivity index (χ2n) is 5.56. The van der Waals surface area contributed by atoms with E-state index in [1.807, 2.05) is 12.5 Å². The van der Waals surface area contributed by atoms with Crippen molar-refractivity contribution < 1.29 is 0 Å². The molecule has 0 aliphatic heterocycles.